The van der Waals surface area contributed by atoms with Crippen LogP contribution >= 0.6 is 0 Å². The summed E-state index contributed by atoms with van der Waals surface area (Å²) in [5, 5.41) is 6.12. The van der Waals surface area contributed by atoms with Gasteiger partial charge >= 0.3 is 0 Å². The van der Waals surface area contributed by atoms with Crippen molar-refractivity contribution in [3.8, 4) is 0 Å². The van der Waals surface area contributed by atoms with Crippen molar-refractivity contribution in [2.45, 2.75) is 19.9 Å². The summed E-state index contributed by atoms with van der Waals surface area (Å²) >= 11 is 0. The first-order valence-corrected chi connectivity index (χ1v) is 6.40. The second-order valence-electron chi connectivity index (χ2n) is 4.59. The van der Waals surface area contributed by atoms with E-state index in [9.17, 15) is 4.79 Å². The molecule has 5 nitrogen and oxygen atoms in total. The number of nitrogens with zero attached hydrogens (tertiary/aromatic N) is 2. The Bertz CT molecular complexity index is 563. The van der Waals surface area contributed by atoms with Gasteiger partial charge in [0.05, 0.1) is 11.1 Å². The highest BCUT2D eigenvalue weighted by molar-refractivity contribution is 6.04. The molecule has 0 bridgehead atoms. The summed E-state index contributed by atoms with van der Waals surface area (Å²) in [5.41, 5.74) is 1.94. The lowest BCUT2D eigenvalue weighted by atomic mass is 10.1. The predicted octanol–water partition coefficient (Wildman–Crippen LogP) is 1.36. The normalized spacial score (nSPS) is 10.9. The SMILES string of the molecule is CC(C)NCCNC(=O)c1cccc2nccnc12. The van der Waals surface area contributed by atoms with E-state index in [1.54, 1.807) is 18.5 Å². The molecule has 5 heteroatoms. The Kier molecular flexibility index (Phi) is 4.41. The largest absolute Gasteiger partial charge is 0.351 e. The number of carbonyl (C=O) groups excluding carboxylic acids is 1. The number of aromatic nitrogens is 2. The van der Waals surface area contributed by atoms with Gasteiger partial charge in [0.1, 0.15) is 5.52 Å². The van der Waals surface area contributed by atoms with Gasteiger partial charge in [0.25, 0.3) is 5.91 Å². The first-order chi connectivity index (χ1) is 9.18. The zero-order valence-corrected chi connectivity index (χ0v) is 11.2. The molecule has 0 saturated carbocycles. The van der Waals surface area contributed by atoms with Crippen LogP contribution in [-0.2, 0) is 0 Å². The van der Waals surface area contributed by atoms with E-state index >= 15 is 0 Å². The minimum absolute atomic E-state index is 0.114. The molecular formula is C14H18N4O. The minimum Gasteiger partial charge on any atom is -0.351 e. The maximum Gasteiger partial charge on any atom is 0.253 e. The van der Waals surface area contributed by atoms with E-state index in [4.69, 9.17) is 0 Å². The zero-order valence-electron chi connectivity index (χ0n) is 11.2. The van der Waals surface area contributed by atoms with Crippen molar-refractivity contribution in [1.29, 1.82) is 0 Å². The Morgan fingerprint density at radius 1 is 1.21 bits per heavy atom. The van der Waals surface area contributed by atoms with Crippen molar-refractivity contribution in [2.75, 3.05) is 13.1 Å². The molecule has 1 aromatic heterocycles. The van der Waals surface area contributed by atoms with Crippen molar-refractivity contribution in [2.24, 2.45) is 0 Å². The third-order valence-corrected chi connectivity index (χ3v) is 2.71. The van der Waals surface area contributed by atoms with Crippen molar-refractivity contribution < 1.29 is 4.79 Å². The summed E-state index contributed by atoms with van der Waals surface area (Å²) in [7, 11) is 0. The molecule has 0 saturated heterocycles. The molecule has 19 heavy (non-hydrogen) atoms. The van der Waals surface area contributed by atoms with E-state index in [0.29, 0.717) is 23.7 Å². The number of hydrogen-bond donors (Lipinski definition) is 2. The number of amides is 1. The van der Waals surface area contributed by atoms with Crippen LogP contribution in [0.25, 0.3) is 11.0 Å². The number of carbonyl (C=O) groups is 1. The molecule has 0 aliphatic heterocycles. The first kappa shape index (κ1) is 13.4. The van der Waals surface area contributed by atoms with E-state index in [-0.39, 0.29) is 5.91 Å². The monoisotopic (exact) mass is 258 g/mol. The summed E-state index contributed by atoms with van der Waals surface area (Å²) < 4.78 is 0. The quantitative estimate of drug-likeness (QED) is 0.795. The highest BCUT2D eigenvalue weighted by Gasteiger charge is 2.10. The molecule has 0 radical (unpaired) electrons. The molecule has 1 heterocycles. The lowest BCUT2D eigenvalue weighted by Gasteiger charge is -2.09. The van der Waals surface area contributed by atoms with Gasteiger partial charge in [0.2, 0.25) is 0 Å². The molecule has 0 unspecified atom stereocenters. The highest BCUT2D eigenvalue weighted by atomic mass is 16.1. The van der Waals surface area contributed by atoms with Crippen LogP contribution in [-0.4, -0.2) is 35.0 Å². The van der Waals surface area contributed by atoms with E-state index in [0.717, 1.165) is 12.1 Å². The van der Waals surface area contributed by atoms with Gasteiger partial charge in [-0.15, -0.1) is 0 Å². The Hall–Kier alpha value is -2.01. The minimum atomic E-state index is -0.114. The van der Waals surface area contributed by atoms with Gasteiger partial charge in [-0.25, -0.2) is 0 Å². The van der Waals surface area contributed by atoms with E-state index in [1.165, 1.54) is 0 Å². The molecule has 0 aliphatic rings. The molecular weight excluding hydrogens is 240 g/mol. The number of nitrogens with one attached hydrogen (secondary N) is 2. The van der Waals surface area contributed by atoms with Crippen LogP contribution in [0.5, 0.6) is 0 Å². The van der Waals surface area contributed by atoms with Crippen LogP contribution in [0.4, 0.5) is 0 Å². The molecule has 0 atom stereocenters. The molecule has 1 aromatic carbocycles. The fourth-order valence-corrected chi connectivity index (χ4v) is 1.81. The Morgan fingerprint density at radius 3 is 2.79 bits per heavy atom. The fourth-order valence-electron chi connectivity index (χ4n) is 1.81. The zero-order chi connectivity index (χ0) is 13.7. The van der Waals surface area contributed by atoms with Gasteiger partial charge in [0.15, 0.2) is 0 Å². The summed E-state index contributed by atoms with van der Waals surface area (Å²) in [6.07, 6.45) is 3.22. The Balaban J connectivity index is 2.05. The van der Waals surface area contributed by atoms with Crippen molar-refractivity contribution in [3.05, 3.63) is 36.2 Å². The molecule has 2 N–H and O–H groups in total. The van der Waals surface area contributed by atoms with Crippen LogP contribution < -0.4 is 10.6 Å². The van der Waals surface area contributed by atoms with E-state index < -0.39 is 0 Å². The van der Waals surface area contributed by atoms with Crippen molar-refractivity contribution >= 4 is 16.9 Å². The summed E-state index contributed by atoms with van der Waals surface area (Å²) in [6, 6.07) is 5.85. The standard InChI is InChI=1S/C14H18N4O/c1-10(2)15-6-9-18-14(19)11-4-3-5-12-13(11)17-8-7-16-12/h3-5,7-8,10,15H,6,9H2,1-2H3,(H,18,19). The average molecular weight is 258 g/mol. The van der Waals surface area contributed by atoms with E-state index in [1.807, 2.05) is 12.1 Å². The average Bonchev–Trinajstić information content (AvgIpc) is 2.42. The predicted molar refractivity (Wildman–Crippen MR) is 75.0 cm³/mol. The number of fused-ring (bicyclic) bond motifs is 1. The molecule has 0 fully saturated rings. The van der Waals surface area contributed by atoms with E-state index in [2.05, 4.69) is 34.4 Å². The number of hydrogen-bond acceptors (Lipinski definition) is 4. The third kappa shape index (κ3) is 3.48. The topological polar surface area (TPSA) is 66.9 Å². The van der Waals surface area contributed by atoms with Crippen LogP contribution in [0.3, 0.4) is 0 Å². The number of benzene rings is 1. The molecule has 100 valence electrons. The first-order valence-electron chi connectivity index (χ1n) is 6.40. The van der Waals surface area contributed by atoms with Gasteiger partial charge in [-0.05, 0) is 12.1 Å². The second kappa shape index (κ2) is 6.24. The summed E-state index contributed by atoms with van der Waals surface area (Å²) in [6.45, 7) is 5.48. The van der Waals surface area contributed by atoms with Crippen LogP contribution in [0.1, 0.15) is 24.2 Å². The Labute approximate surface area is 112 Å². The lowest BCUT2D eigenvalue weighted by molar-refractivity contribution is 0.0955. The molecule has 0 spiro atoms. The fraction of sp³-hybridized carbons (Fsp3) is 0.357. The van der Waals surface area contributed by atoms with Crippen LogP contribution in [0.2, 0.25) is 0 Å². The van der Waals surface area contributed by atoms with Gasteiger partial charge in [-0.1, -0.05) is 19.9 Å². The maximum atomic E-state index is 12.1. The summed E-state index contributed by atoms with van der Waals surface area (Å²) in [4.78, 5) is 20.5. The smallest absolute Gasteiger partial charge is 0.253 e. The lowest BCUT2D eigenvalue weighted by Crippen LogP contribution is -2.34. The van der Waals surface area contributed by atoms with Crippen LogP contribution in [0.15, 0.2) is 30.6 Å². The van der Waals surface area contributed by atoms with Gasteiger partial charge < -0.3 is 10.6 Å². The molecule has 0 aliphatic carbocycles. The van der Waals surface area contributed by atoms with Gasteiger partial charge in [-0.3, -0.25) is 14.8 Å². The third-order valence-electron chi connectivity index (χ3n) is 2.71. The molecule has 2 aromatic rings. The van der Waals surface area contributed by atoms with Gasteiger partial charge in [-0.2, -0.15) is 0 Å². The highest BCUT2D eigenvalue weighted by Crippen LogP contribution is 2.13. The molecule has 2 rings (SSSR count). The maximum absolute atomic E-state index is 12.1. The van der Waals surface area contributed by atoms with Crippen LogP contribution in [0, 0.1) is 0 Å². The van der Waals surface area contributed by atoms with Crippen molar-refractivity contribution in [3.63, 3.8) is 0 Å². The summed E-state index contributed by atoms with van der Waals surface area (Å²) in [5.74, 6) is -0.114. The second-order valence-corrected chi connectivity index (χ2v) is 4.59. The molecule has 1 amide bonds. The van der Waals surface area contributed by atoms with Gasteiger partial charge in [0, 0.05) is 31.5 Å². The Morgan fingerprint density at radius 2 is 2.00 bits per heavy atom. The number of para-hydroxylation sites is 1. The van der Waals surface area contributed by atoms with Crippen molar-refractivity contribution in [1.82, 2.24) is 20.6 Å². The number of rotatable bonds is 5.